The van der Waals surface area contributed by atoms with Crippen molar-refractivity contribution >= 4 is 17.0 Å². The molecule has 0 aliphatic carbocycles. The molecule has 0 radical (unpaired) electrons. The molecule has 1 aromatic heterocycles. The Bertz CT molecular complexity index is 547. The van der Waals surface area contributed by atoms with Crippen LogP contribution >= 0.6 is 11.3 Å². The number of hydrogen-bond acceptors (Lipinski definition) is 3. The van der Waals surface area contributed by atoms with Crippen LogP contribution in [0.4, 0.5) is 23.2 Å². The first kappa shape index (κ1) is 13.8. The lowest BCUT2D eigenvalue weighted by atomic mass is 10.2. The molecule has 0 aliphatic rings. The molecule has 2 rings (SSSR count). The second kappa shape index (κ2) is 5.58. The van der Waals surface area contributed by atoms with Crippen molar-refractivity contribution in [3.05, 3.63) is 51.7 Å². The van der Waals surface area contributed by atoms with Crippen LogP contribution in [0, 0.1) is 23.3 Å². The summed E-state index contributed by atoms with van der Waals surface area (Å²) in [5, 5.41) is 13.6. The lowest BCUT2D eigenvalue weighted by Gasteiger charge is -2.13. The largest absolute Gasteiger partial charge is 0.386 e. The van der Waals surface area contributed by atoms with Crippen LogP contribution in [0.3, 0.4) is 0 Å². The molecular formula is C12H9F4NOS. The third-order valence-corrected chi connectivity index (χ3v) is 3.43. The molecule has 102 valence electrons. The highest BCUT2D eigenvalue weighted by molar-refractivity contribution is 7.10. The van der Waals surface area contributed by atoms with Crippen LogP contribution in [0.25, 0.3) is 0 Å². The summed E-state index contributed by atoms with van der Waals surface area (Å²) >= 11 is 1.26. The maximum atomic E-state index is 13.3. The van der Waals surface area contributed by atoms with Crippen molar-refractivity contribution in [2.45, 2.75) is 6.10 Å². The highest BCUT2D eigenvalue weighted by Crippen LogP contribution is 2.25. The lowest BCUT2D eigenvalue weighted by Crippen LogP contribution is -2.14. The third kappa shape index (κ3) is 2.87. The van der Waals surface area contributed by atoms with Crippen molar-refractivity contribution in [2.75, 3.05) is 11.9 Å². The third-order valence-electron chi connectivity index (χ3n) is 2.46. The van der Waals surface area contributed by atoms with Gasteiger partial charge in [-0.3, -0.25) is 0 Å². The van der Waals surface area contributed by atoms with Crippen LogP contribution in [0.5, 0.6) is 0 Å². The monoisotopic (exact) mass is 291 g/mol. The zero-order valence-electron chi connectivity index (χ0n) is 9.46. The number of rotatable bonds is 4. The Hall–Kier alpha value is -1.60. The standard InChI is InChI=1S/C12H9F4NOS/c13-6-4-7(14)11(16)12(10(6)15)17-5-8(18)9-2-1-3-19-9/h1-4,8,17-18H,5H2. The predicted octanol–water partition coefficient (Wildman–Crippen LogP) is 3.45. The quantitative estimate of drug-likeness (QED) is 0.668. The highest BCUT2D eigenvalue weighted by Gasteiger charge is 2.20. The molecule has 1 atom stereocenters. The average Bonchev–Trinajstić information content (AvgIpc) is 2.90. The Morgan fingerprint density at radius 2 is 1.79 bits per heavy atom. The van der Waals surface area contributed by atoms with Gasteiger partial charge in [-0.15, -0.1) is 11.3 Å². The van der Waals surface area contributed by atoms with E-state index in [4.69, 9.17) is 0 Å². The number of hydrogen-bond donors (Lipinski definition) is 2. The molecule has 19 heavy (non-hydrogen) atoms. The molecule has 0 fully saturated rings. The van der Waals surface area contributed by atoms with E-state index in [9.17, 15) is 22.7 Å². The molecule has 2 nitrogen and oxygen atoms in total. The molecule has 1 aromatic carbocycles. The number of thiophene rings is 1. The second-order valence-electron chi connectivity index (χ2n) is 3.76. The fourth-order valence-corrected chi connectivity index (χ4v) is 2.22. The Morgan fingerprint density at radius 3 is 2.32 bits per heavy atom. The summed E-state index contributed by atoms with van der Waals surface area (Å²) in [6.07, 6.45) is -1.02. The number of aliphatic hydroxyl groups excluding tert-OH is 1. The van der Waals surface area contributed by atoms with Crippen LogP contribution in [0.15, 0.2) is 23.6 Å². The summed E-state index contributed by atoms with van der Waals surface area (Å²) in [5.74, 6) is -6.02. The molecule has 0 saturated carbocycles. The minimum absolute atomic E-state index is 0.131. The summed E-state index contributed by atoms with van der Waals surface area (Å²) in [7, 11) is 0. The molecule has 1 unspecified atom stereocenters. The maximum absolute atomic E-state index is 13.3. The fraction of sp³-hybridized carbons (Fsp3) is 0.167. The predicted molar refractivity (Wildman–Crippen MR) is 64.0 cm³/mol. The number of nitrogens with one attached hydrogen (secondary N) is 1. The number of halogens is 4. The normalized spacial score (nSPS) is 12.5. The fourth-order valence-electron chi connectivity index (χ4n) is 1.51. The van der Waals surface area contributed by atoms with E-state index in [1.165, 1.54) is 11.3 Å². The Morgan fingerprint density at radius 1 is 1.16 bits per heavy atom. The van der Waals surface area contributed by atoms with Gasteiger partial charge >= 0.3 is 0 Å². The highest BCUT2D eigenvalue weighted by atomic mass is 32.1. The van der Waals surface area contributed by atoms with Crippen molar-refractivity contribution < 1.29 is 22.7 Å². The minimum Gasteiger partial charge on any atom is -0.386 e. The van der Waals surface area contributed by atoms with Crippen molar-refractivity contribution in [3.63, 3.8) is 0 Å². The molecule has 1 heterocycles. The van der Waals surface area contributed by atoms with E-state index in [-0.39, 0.29) is 12.6 Å². The van der Waals surface area contributed by atoms with E-state index in [0.717, 1.165) is 0 Å². The van der Waals surface area contributed by atoms with Gasteiger partial charge in [0.15, 0.2) is 23.3 Å². The summed E-state index contributed by atoms with van der Waals surface area (Å²) in [4.78, 5) is 0.574. The SMILES string of the molecule is OC(CNc1c(F)c(F)cc(F)c1F)c1cccs1. The Labute approximate surface area is 110 Å². The summed E-state index contributed by atoms with van der Waals surface area (Å²) in [5.41, 5.74) is -0.923. The van der Waals surface area contributed by atoms with Crippen molar-refractivity contribution in [1.82, 2.24) is 0 Å². The Balaban J connectivity index is 2.16. The van der Waals surface area contributed by atoms with Crippen LogP contribution < -0.4 is 5.32 Å². The smallest absolute Gasteiger partial charge is 0.185 e. The minimum atomic E-state index is -1.52. The molecule has 0 aliphatic heterocycles. The van der Waals surface area contributed by atoms with Gasteiger partial charge in [-0.1, -0.05) is 6.07 Å². The summed E-state index contributed by atoms with van der Waals surface area (Å²) < 4.78 is 52.5. The van der Waals surface area contributed by atoms with E-state index < -0.39 is 35.1 Å². The number of anilines is 1. The Kier molecular flexibility index (Phi) is 4.06. The molecular weight excluding hydrogens is 282 g/mol. The molecule has 0 bridgehead atoms. The van der Waals surface area contributed by atoms with E-state index in [1.807, 2.05) is 0 Å². The first-order valence-corrected chi connectivity index (χ1v) is 6.17. The molecule has 0 amide bonds. The van der Waals surface area contributed by atoms with Crippen molar-refractivity contribution in [1.29, 1.82) is 0 Å². The van der Waals surface area contributed by atoms with Crippen LogP contribution in [0.2, 0.25) is 0 Å². The van der Waals surface area contributed by atoms with E-state index in [2.05, 4.69) is 5.32 Å². The van der Waals surface area contributed by atoms with Crippen LogP contribution in [-0.2, 0) is 0 Å². The van der Waals surface area contributed by atoms with Gasteiger partial charge in [-0.2, -0.15) is 0 Å². The molecule has 2 N–H and O–H groups in total. The molecule has 2 aromatic rings. The second-order valence-corrected chi connectivity index (χ2v) is 4.73. The van der Waals surface area contributed by atoms with E-state index in [1.54, 1.807) is 17.5 Å². The van der Waals surface area contributed by atoms with Gasteiger partial charge in [-0.05, 0) is 11.4 Å². The first-order valence-electron chi connectivity index (χ1n) is 5.29. The maximum Gasteiger partial charge on any atom is 0.185 e. The van der Waals surface area contributed by atoms with Crippen LogP contribution in [-0.4, -0.2) is 11.7 Å². The summed E-state index contributed by atoms with van der Waals surface area (Å²) in [6.45, 7) is -0.267. The molecule has 7 heteroatoms. The topological polar surface area (TPSA) is 32.3 Å². The van der Waals surface area contributed by atoms with Gasteiger partial charge in [0.05, 0.1) is 0 Å². The van der Waals surface area contributed by atoms with Gasteiger partial charge in [0.2, 0.25) is 0 Å². The molecule has 0 saturated heterocycles. The average molecular weight is 291 g/mol. The molecule has 0 spiro atoms. The van der Waals surface area contributed by atoms with Gasteiger partial charge in [-0.25, -0.2) is 17.6 Å². The van der Waals surface area contributed by atoms with Gasteiger partial charge in [0, 0.05) is 17.5 Å². The lowest BCUT2D eigenvalue weighted by molar-refractivity contribution is 0.195. The van der Waals surface area contributed by atoms with Gasteiger partial charge < -0.3 is 10.4 Å². The number of aliphatic hydroxyl groups is 1. The van der Waals surface area contributed by atoms with Gasteiger partial charge in [0.1, 0.15) is 11.8 Å². The van der Waals surface area contributed by atoms with Crippen LogP contribution in [0.1, 0.15) is 11.0 Å². The van der Waals surface area contributed by atoms with Gasteiger partial charge in [0.25, 0.3) is 0 Å². The zero-order valence-corrected chi connectivity index (χ0v) is 10.3. The van der Waals surface area contributed by atoms with E-state index in [0.29, 0.717) is 4.88 Å². The number of benzene rings is 1. The zero-order chi connectivity index (χ0) is 14.0. The first-order chi connectivity index (χ1) is 9.00. The van der Waals surface area contributed by atoms with Crippen molar-refractivity contribution in [2.24, 2.45) is 0 Å². The van der Waals surface area contributed by atoms with Crippen molar-refractivity contribution in [3.8, 4) is 0 Å². The van der Waals surface area contributed by atoms with E-state index >= 15 is 0 Å². The summed E-state index contributed by atoms with van der Waals surface area (Å²) in [6, 6.07) is 3.47.